The molecule has 0 fully saturated rings. The number of carbonyl (C=O) groups is 2. The van der Waals surface area contributed by atoms with Crippen molar-refractivity contribution in [2.24, 2.45) is 0 Å². The van der Waals surface area contributed by atoms with Crippen molar-refractivity contribution in [2.75, 3.05) is 21.3 Å². The largest absolute Gasteiger partial charge is 0.497 e. The van der Waals surface area contributed by atoms with Crippen LogP contribution in [0.15, 0.2) is 64.9 Å². The van der Waals surface area contributed by atoms with Crippen molar-refractivity contribution in [3.63, 3.8) is 0 Å². The van der Waals surface area contributed by atoms with E-state index in [4.69, 9.17) is 18.6 Å². The molecule has 8 nitrogen and oxygen atoms in total. The molecule has 35 heavy (non-hydrogen) atoms. The smallest absolute Gasteiger partial charge is 0.268 e. The van der Waals surface area contributed by atoms with Gasteiger partial charge in [0.25, 0.3) is 11.8 Å². The van der Waals surface area contributed by atoms with Crippen molar-refractivity contribution in [1.82, 2.24) is 10.6 Å². The first-order valence-corrected chi connectivity index (χ1v) is 11.3. The first-order chi connectivity index (χ1) is 17.0. The Morgan fingerprint density at radius 1 is 1.00 bits per heavy atom. The molecule has 1 unspecified atom stereocenters. The SMILES string of the molecule is COc1ccc2c(c1)CCCC2NC(=O)/C(=C/c1ccco1)NC(=O)c1ccc(OC)c(OC)c1. The maximum Gasteiger partial charge on any atom is 0.268 e. The molecular weight excluding hydrogens is 448 g/mol. The molecule has 0 bridgehead atoms. The third kappa shape index (κ3) is 5.48. The molecule has 1 aliphatic carbocycles. The van der Waals surface area contributed by atoms with Gasteiger partial charge in [0.05, 0.1) is 33.6 Å². The highest BCUT2D eigenvalue weighted by atomic mass is 16.5. The molecule has 0 saturated carbocycles. The summed E-state index contributed by atoms with van der Waals surface area (Å²) in [4.78, 5) is 26.4. The van der Waals surface area contributed by atoms with Gasteiger partial charge in [-0.1, -0.05) is 6.07 Å². The monoisotopic (exact) mass is 476 g/mol. The van der Waals surface area contributed by atoms with Gasteiger partial charge < -0.3 is 29.3 Å². The molecule has 4 rings (SSSR count). The minimum absolute atomic E-state index is 0.0698. The van der Waals surface area contributed by atoms with Gasteiger partial charge in [-0.2, -0.15) is 0 Å². The number of rotatable bonds is 8. The molecule has 0 saturated heterocycles. The van der Waals surface area contributed by atoms with E-state index in [0.29, 0.717) is 22.8 Å². The summed E-state index contributed by atoms with van der Waals surface area (Å²) in [5.41, 5.74) is 2.58. The number of nitrogens with one attached hydrogen (secondary N) is 2. The van der Waals surface area contributed by atoms with Gasteiger partial charge in [-0.25, -0.2) is 0 Å². The van der Waals surface area contributed by atoms with Crippen molar-refractivity contribution in [1.29, 1.82) is 0 Å². The molecular formula is C27H28N2O6. The van der Waals surface area contributed by atoms with Gasteiger partial charge in [-0.3, -0.25) is 9.59 Å². The minimum Gasteiger partial charge on any atom is -0.497 e. The Balaban J connectivity index is 1.57. The molecule has 0 spiro atoms. The molecule has 8 heteroatoms. The molecule has 2 amide bonds. The van der Waals surface area contributed by atoms with Crippen LogP contribution in [0.4, 0.5) is 0 Å². The summed E-state index contributed by atoms with van der Waals surface area (Å²) in [5, 5.41) is 5.80. The Morgan fingerprint density at radius 3 is 2.54 bits per heavy atom. The van der Waals surface area contributed by atoms with E-state index in [1.165, 1.54) is 26.6 Å². The summed E-state index contributed by atoms with van der Waals surface area (Å²) in [5.74, 6) is 1.26. The van der Waals surface area contributed by atoms with Gasteiger partial charge in [-0.15, -0.1) is 0 Å². The van der Waals surface area contributed by atoms with Crippen LogP contribution in [0.5, 0.6) is 17.2 Å². The second-order valence-electron chi connectivity index (χ2n) is 8.08. The number of hydrogen-bond acceptors (Lipinski definition) is 6. The number of aryl methyl sites for hydroxylation is 1. The molecule has 3 aromatic rings. The quantitative estimate of drug-likeness (QED) is 0.471. The maximum atomic E-state index is 13.4. The Labute approximate surface area is 203 Å². The van der Waals surface area contributed by atoms with Gasteiger partial charge >= 0.3 is 0 Å². The summed E-state index contributed by atoms with van der Waals surface area (Å²) in [6.07, 6.45) is 5.65. The third-order valence-electron chi connectivity index (χ3n) is 5.94. The fraction of sp³-hybridized carbons (Fsp3) is 0.259. The fourth-order valence-electron chi connectivity index (χ4n) is 4.15. The number of benzene rings is 2. The number of fused-ring (bicyclic) bond motifs is 1. The summed E-state index contributed by atoms with van der Waals surface area (Å²) in [6.45, 7) is 0. The van der Waals surface area contributed by atoms with E-state index in [2.05, 4.69) is 10.6 Å². The number of ether oxygens (including phenoxy) is 3. The van der Waals surface area contributed by atoms with E-state index in [1.54, 1.807) is 37.4 Å². The molecule has 1 aliphatic rings. The summed E-state index contributed by atoms with van der Waals surface area (Å²) in [7, 11) is 4.65. The second kappa shape index (κ2) is 10.8. The lowest BCUT2D eigenvalue weighted by Gasteiger charge is -2.27. The average molecular weight is 477 g/mol. The van der Waals surface area contributed by atoms with Crippen LogP contribution in [0.2, 0.25) is 0 Å². The average Bonchev–Trinajstić information content (AvgIpc) is 3.40. The van der Waals surface area contributed by atoms with E-state index >= 15 is 0 Å². The zero-order valence-corrected chi connectivity index (χ0v) is 19.9. The van der Waals surface area contributed by atoms with Crippen LogP contribution in [0.3, 0.4) is 0 Å². The maximum absolute atomic E-state index is 13.4. The van der Waals surface area contributed by atoms with Crippen LogP contribution in [-0.2, 0) is 11.2 Å². The molecule has 0 aliphatic heterocycles. The number of hydrogen-bond donors (Lipinski definition) is 2. The highest BCUT2D eigenvalue weighted by Gasteiger charge is 2.25. The number of methoxy groups -OCH3 is 3. The van der Waals surface area contributed by atoms with Gasteiger partial charge in [0.1, 0.15) is 17.2 Å². The van der Waals surface area contributed by atoms with Crippen molar-refractivity contribution < 1.29 is 28.2 Å². The second-order valence-corrected chi connectivity index (χ2v) is 8.08. The number of furan rings is 1. The Kier molecular flexibility index (Phi) is 7.40. The Morgan fingerprint density at radius 2 is 1.83 bits per heavy atom. The van der Waals surface area contributed by atoms with Crippen LogP contribution < -0.4 is 24.8 Å². The van der Waals surface area contributed by atoms with Crippen molar-refractivity contribution in [2.45, 2.75) is 25.3 Å². The number of carbonyl (C=O) groups excluding carboxylic acids is 2. The number of amides is 2. The molecule has 1 heterocycles. The van der Waals surface area contributed by atoms with E-state index in [-0.39, 0.29) is 11.7 Å². The van der Waals surface area contributed by atoms with E-state index < -0.39 is 11.8 Å². The van der Waals surface area contributed by atoms with Crippen LogP contribution in [0.25, 0.3) is 6.08 Å². The van der Waals surface area contributed by atoms with Crippen molar-refractivity contribution in [3.05, 3.63) is 82.9 Å². The lowest BCUT2D eigenvalue weighted by atomic mass is 9.87. The van der Waals surface area contributed by atoms with Gasteiger partial charge in [0, 0.05) is 11.6 Å². The van der Waals surface area contributed by atoms with Crippen LogP contribution in [0, 0.1) is 0 Å². The molecule has 2 aromatic carbocycles. The molecule has 1 atom stereocenters. The standard InChI is InChI=1S/C27H28N2O6/c1-32-19-10-11-21-17(14-19)6-4-8-22(21)28-27(31)23(16-20-7-5-13-35-20)29-26(30)18-9-12-24(33-2)25(15-18)34-3/h5,7,9-16,22H,4,6,8H2,1-3H3,(H,28,31)(H,29,30)/b23-16-. The topological polar surface area (TPSA) is 99.0 Å². The minimum atomic E-state index is -0.465. The van der Waals surface area contributed by atoms with Gasteiger partial charge in [0.15, 0.2) is 11.5 Å². The van der Waals surface area contributed by atoms with Crippen LogP contribution >= 0.6 is 0 Å². The highest BCUT2D eigenvalue weighted by molar-refractivity contribution is 6.05. The van der Waals surface area contributed by atoms with Crippen molar-refractivity contribution in [3.8, 4) is 17.2 Å². The lowest BCUT2D eigenvalue weighted by molar-refractivity contribution is -0.118. The summed E-state index contributed by atoms with van der Waals surface area (Å²) in [6, 6.07) is 13.9. The summed E-state index contributed by atoms with van der Waals surface area (Å²) >= 11 is 0. The normalized spacial score (nSPS) is 15.1. The zero-order chi connectivity index (χ0) is 24.8. The summed E-state index contributed by atoms with van der Waals surface area (Å²) < 4.78 is 21.2. The Bertz CT molecular complexity index is 1230. The fourth-order valence-corrected chi connectivity index (χ4v) is 4.15. The molecule has 0 radical (unpaired) electrons. The predicted octanol–water partition coefficient (Wildman–Crippen LogP) is 4.27. The van der Waals surface area contributed by atoms with E-state index in [9.17, 15) is 9.59 Å². The molecule has 182 valence electrons. The van der Waals surface area contributed by atoms with E-state index in [1.807, 2.05) is 18.2 Å². The molecule has 2 N–H and O–H groups in total. The highest BCUT2D eigenvalue weighted by Crippen LogP contribution is 2.32. The van der Waals surface area contributed by atoms with Crippen LogP contribution in [0.1, 0.15) is 46.1 Å². The first kappa shape index (κ1) is 23.9. The first-order valence-electron chi connectivity index (χ1n) is 11.3. The Hall–Kier alpha value is -4.20. The zero-order valence-electron chi connectivity index (χ0n) is 19.9. The third-order valence-corrected chi connectivity index (χ3v) is 5.94. The van der Waals surface area contributed by atoms with Gasteiger partial charge in [-0.05, 0) is 72.9 Å². The van der Waals surface area contributed by atoms with Crippen molar-refractivity contribution >= 4 is 17.9 Å². The van der Waals surface area contributed by atoms with Crippen LogP contribution in [-0.4, -0.2) is 33.1 Å². The lowest BCUT2D eigenvalue weighted by Crippen LogP contribution is -2.37. The molecule has 1 aromatic heterocycles. The predicted molar refractivity (Wildman–Crippen MR) is 131 cm³/mol. The van der Waals surface area contributed by atoms with Gasteiger partial charge in [0.2, 0.25) is 0 Å². The van der Waals surface area contributed by atoms with E-state index in [0.717, 1.165) is 36.1 Å².